The summed E-state index contributed by atoms with van der Waals surface area (Å²) in [5.74, 6) is 1.28. The van der Waals surface area contributed by atoms with Crippen molar-refractivity contribution in [1.29, 1.82) is 0 Å². The number of thiophene rings is 1. The first-order valence-electron chi connectivity index (χ1n) is 15.6. The predicted molar refractivity (Wildman–Crippen MR) is 189 cm³/mol. The second kappa shape index (κ2) is 9.59. The molecule has 1 N–H and O–H groups in total. The van der Waals surface area contributed by atoms with E-state index in [2.05, 4.69) is 156 Å². The van der Waals surface area contributed by atoms with Gasteiger partial charge in [-0.25, -0.2) is 0 Å². The number of hydrogen-bond acceptors (Lipinski definition) is 3. The van der Waals surface area contributed by atoms with Crippen molar-refractivity contribution in [2.45, 2.75) is 12.1 Å². The molecule has 2 aromatic heterocycles. The fraction of sp³-hybridized carbons (Fsp3) is 0.0732. The Morgan fingerprint density at radius 3 is 2.27 bits per heavy atom. The van der Waals surface area contributed by atoms with E-state index in [1.165, 1.54) is 64.7 Å². The summed E-state index contributed by atoms with van der Waals surface area (Å²) >= 11 is 1.86. The molecule has 7 aromatic rings. The maximum Gasteiger partial charge on any atom is 0.193 e. The minimum absolute atomic E-state index is 0.171. The Hall–Kier alpha value is -5.32. The van der Waals surface area contributed by atoms with Crippen LogP contribution in [-0.4, -0.2) is 10.8 Å². The highest BCUT2D eigenvalue weighted by Crippen LogP contribution is 2.53. The molecule has 0 saturated carbocycles. The number of anilines is 1. The molecule has 3 nitrogen and oxygen atoms in total. The lowest BCUT2D eigenvalue weighted by Crippen LogP contribution is -2.32. The van der Waals surface area contributed by atoms with E-state index in [-0.39, 0.29) is 18.1 Å². The van der Waals surface area contributed by atoms with Gasteiger partial charge in [0.25, 0.3) is 0 Å². The Morgan fingerprint density at radius 2 is 1.42 bits per heavy atom. The van der Waals surface area contributed by atoms with Gasteiger partial charge in [-0.05, 0) is 47.5 Å². The molecule has 0 spiro atoms. The minimum atomic E-state index is -0.275. The average molecular weight is 597 g/mol. The first-order chi connectivity index (χ1) is 22.3. The van der Waals surface area contributed by atoms with Gasteiger partial charge in [0.2, 0.25) is 0 Å². The third-order valence-corrected chi connectivity index (χ3v) is 10.8. The first-order valence-corrected chi connectivity index (χ1v) is 16.4. The van der Waals surface area contributed by atoms with Crippen LogP contribution < -0.4 is 10.1 Å². The SMILES string of the molecule is C1=CC2C(C3Nc4c(cc(-c5ccccc5)c5sc6ccccc6c45)O3)=Cc3c(n(-c4ccccc4)c4ccccc34)C2C=C1. The Labute approximate surface area is 265 Å². The second-order valence-electron chi connectivity index (χ2n) is 12.1. The average Bonchev–Trinajstić information content (AvgIpc) is 3.80. The lowest BCUT2D eigenvalue weighted by atomic mass is 9.74. The molecule has 3 atom stereocenters. The third-order valence-electron chi connectivity index (χ3n) is 9.63. The van der Waals surface area contributed by atoms with Gasteiger partial charge in [-0.3, -0.25) is 0 Å². The smallest absolute Gasteiger partial charge is 0.193 e. The highest BCUT2D eigenvalue weighted by Gasteiger charge is 2.40. The summed E-state index contributed by atoms with van der Waals surface area (Å²) in [7, 11) is 0. The first kappa shape index (κ1) is 25.1. The summed E-state index contributed by atoms with van der Waals surface area (Å²) < 4.78 is 12.0. The van der Waals surface area contributed by atoms with Gasteiger partial charge in [0.1, 0.15) is 5.75 Å². The standard InChI is InChI=1S/C41H28N2OS/c1-3-13-25(14-4-1)31-24-35-38(37-30-20-10-12-22-36(30)45-40(31)37)42-41(44-35)33-23-32-28-18-9-11-21-34(28)43(26-15-5-2-6-16-26)39(32)29-19-8-7-17-27(29)33/h1-24,27,29,41-42H. The summed E-state index contributed by atoms with van der Waals surface area (Å²) in [5, 5.41) is 7.70. The number of nitrogens with zero attached hydrogens (tertiary/aromatic N) is 1. The number of allylic oxidation sites excluding steroid dienone is 4. The molecule has 3 aliphatic rings. The fourth-order valence-corrected chi connectivity index (χ4v) is 8.95. The molecule has 5 aromatic carbocycles. The van der Waals surface area contributed by atoms with Crippen molar-refractivity contribution in [1.82, 2.24) is 4.57 Å². The summed E-state index contributed by atoms with van der Waals surface area (Å²) in [6.45, 7) is 0. The van der Waals surface area contributed by atoms with Crippen LogP contribution in [0, 0.1) is 5.92 Å². The van der Waals surface area contributed by atoms with Crippen molar-refractivity contribution in [3.8, 4) is 22.6 Å². The van der Waals surface area contributed by atoms with E-state index in [0.717, 1.165) is 11.4 Å². The van der Waals surface area contributed by atoms with Crippen LogP contribution in [0.15, 0.2) is 145 Å². The van der Waals surface area contributed by atoms with Crippen molar-refractivity contribution >= 4 is 54.2 Å². The van der Waals surface area contributed by atoms with Crippen molar-refractivity contribution in [2.75, 3.05) is 5.32 Å². The van der Waals surface area contributed by atoms with Crippen LogP contribution in [0.4, 0.5) is 5.69 Å². The van der Waals surface area contributed by atoms with E-state index in [4.69, 9.17) is 4.74 Å². The predicted octanol–water partition coefficient (Wildman–Crippen LogP) is 10.7. The number of fused-ring (bicyclic) bond motifs is 10. The fourth-order valence-electron chi connectivity index (χ4n) is 7.70. The van der Waals surface area contributed by atoms with Crippen molar-refractivity contribution in [3.63, 3.8) is 0 Å². The van der Waals surface area contributed by atoms with Crippen LogP contribution in [-0.2, 0) is 0 Å². The lowest BCUT2D eigenvalue weighted by molar-refractivity contribution is 0.275. The molecule has 45 heavy (non-hydrogen) atoms. The second-order valence-corrected chi connectivity index (χ2v) is 13.1. The highest BCUT2D eigenvalue weighted by atomic mass is 32.1. The molecule has 2 aliphatic carbocycles. The summed E-state index contributed by atoms with van der Waals surface area (Å²) in [6, 6.07) is 41.3. The largest absolute Gasteiger partial charge is 0.465 e. The van der Waals surface area contributed by atoms with Crippen LogP contribution in [0.25, 0.3) is 54.0 Å². The normalized spacial score (nSPS) is 19.6. The lowest BCUT2D eigenvalue weighted by Gasteiger charge is -2.34. The van der Waals surface area contributed by atoms with Gasteiger partial charge in [-0.1, -0.05) is 109 Å². The van der Waals surface area contributed by atoms with Crippen molar-refractivity contribution in [2.24, 2.45) is 5.92 Å². The van der Waals surface area contributed by atoms with Gasteiger partial charge >= 0.3 is 0 Å². The molecule has 214 valence electrons. The molecule has 3 unspecified atom stereocenters. The van der Waals surface area contributed by atoms with Gasteiger partial charge in [0, 0.05) is 59.9 Å². The zero-order valence-corrected chi connectivity index (χ0v) is 25.2. The molecule has 0 saturated heterocycles. The van der Waals surface area contributed by atoms with Crippen LogP contribution in [0.3, 0.4) is 0 Å². The number of benzene rings is 5. The Morgan fingerprint density at radius 1 is 0.711 bits per heavy atom. The zero-order chi connectivity index (χ0) is 29.5. The van der Waals surface area contributed by atoms with Gasteiger partial charge < -0.3 is 14.6 Å². The van der Waals surface area contributed by atoms with Crippen LogP contribution in [0.2, 0.25) is 0 Å². The summed E-state index contributed by atoms with van der Waals surface area (Å²) in [5.41, 5.74) is 9.82. The minimum Gasteiger partial charge on any atom is -0.465 e. The van der Waals surface area contributed by atoms with Gasteiger partial charge in [0.15, 0.2) is 6.23 Å². The Kier molecular flexibility index (Phi) is 5.34. The van der Waals surface area contributed by atoms with E-state index in [1.807, 2.05) is 11.3 Å². The molecule has 0 bridgehead atoms. The summed E-state index contributed by atoms with van der Waals surface area (Å²) in [6.07, 6.45) is 11.2. The molecular formula is C41H28N2OS. The molecule has 4 heteroatoms. The van der Waals surface area contributed by atoms with E-state index in [9.17, 15) is 0 Å². The maximum absolute atomic E-state index is 6.96. The third kappa shape index (κ3) is 3.63. The molecule has 3 heterocycles. The molecular weight excluding hydrogens is 569 g/mol. The molecule has 0 fully saturated rings. The molecule has 0 amide bonds. The summed E-state index contributed by atoms with van der Waals surface area (Å²) in [4.78, 5) is 0. The molecule has 1 aliphatic heterocycles. The number of rotatable bonds is 3. The van der Waals surface area contributed by atoms with E-state index < -0.39 is 0 Å². The van der Waals surface area contributed by atoms with Crippen LogP contribution in [0.1, 0.15) is 17.2 Å². The number of ether oxygens (including phenoxy) is 1. The molecule has 0 radical (unpaired) electrons. The van der Waals surface area contributed by atoms with Gasteiger partial charge in [-0.15, -0.1) is 11.3 Å². The van der Waals surface area contributed by atoms with Crippen LogP contribution in [0.5, 0.6) is 5.75 Å². The van der Waals surface area contributed by atoms with E-state index in [0.29, 0.717) is 0 Å². The number of hydrogen-bond donors (Lipinski definition) is 1. The Bertz CT molecular complexity index is 2390. The number of para-hydroxylation sites is 2. The van der Waals surface area contributed by atoms with Crippen molar-refractivity contribution in [3.05, 3.63) is 156 Å². The molecule has 10 rings (SSSR count). The number of nitrogens with one attached hydrogen (secondary N) is 1. The van der Waals surface area contributed by atoms with Crippen LogP contribution >= 0.6 is 11.3 Å². The Balaban J connectivity index is 1.18. The monoisotopic (exact) mass is 596 g/mol. The number of aromatic nitrogens is 1. The maximum atomic E-state index is 6.96. The van der Waals surface area contributed by atoms with Crippen molar-refractivity contribution < 1.29 is 4.74 Å². The quantitative estimate of drug-likeness (QED) is 0.220. The highest BCUT2D eigenvalue weighted by molar-refractivity contribution is 7.26. The zero-order valence-electron chi connectivity index (χ0n) is 24.4. The van der Waals surface area contributed by atoms with Gasteiger partial charge in [0.05, 0.1) is 11.2 Å². The van der Waals surface area contributed by atoms with Gasteiger partial charge in [-0.2, -0.15) is 0 Å². The van der Waals surface area contributed by atoms with E-state index in [1.54, 1.807) is 0 Å². The van der Waals surface area contributed by atoms with E-state index >= 15 is 0 Å². The topological polar surface area (TPSA) is 26.2 Å².